The van der Waals surface area contributed by atoms with Crippen LogP contribution >= 0.6 is 0 Å². The van der Waals surface area contributed by atoms with Crippen LogP contribution in [0.1, 0.15) is 40.5 Å². The molecule has 2 aliphatic rings. The number of nitrogens with zero attached hydrogens (tertiary/aromatic N) is 4. The Balaban J connectivity index is 2.75. The van der Waals surface area contributed by atoms with Gasteiger partial charge in [0.25, 0.3) is 0 Å². The molecule has 4 heteroatoms. The van der Waals surface area contributed by atoms with Gasteiger partial charge in [-0.05, 0) is 46.3 Å². The third-order valence-electron chi connectivity index (χ3n) is 4.96. The van der Waals surface area contributed by atoms with Crippen LogP contribution in [-0.2, 0) is 0 Å². The lowest BCUT2D eigenvalue weighted by Crippen LogP contribution is -2.42. The molecule has 0 spiro atoms. The summed E-state index contributed by atoms with van der Waals surface area (Å²) in [7, 11) is 0. The maximum atomic E-state index is 9.20. The molecule has 0 saturated heterocycles. The Morgan fingerprint density at radius 2 is 1.58 bits per heavy atom. The third-order valence-corrected chi connectivity index (χ3v) is 4.96. The lowest BCUT2D eigenvalue weighted by molar-refractivity contribution is 0.0965. The fourth-order valence-electron chi connectivity index (χ4n) is 4.52. The zero-order valence-corrected chi connectivity index (χ0v) is 14.4. The highest BCUT2D eigenvalue weighted by Gasteiger charge is 2.47. The number of hydrogen-bond acceptors (Lipinski definition) is 3. The smallest absolute Gasteiger partial charge is 0.132 e. The Morgan fingerprint density at radius 3 is 2.08 bits per heavy atom. The average molecular weight is 315 g/mol. The Morgan fingerprint density at radius 1 is 1.00 bits per heavy atom. The van der Waals surface area contributed by atoms with Crippen molar-refractivity contribution in [2.45, 2.75) is 40.5 Å². The number of allylic oxidation sites excluding steroid dienone is 7. The van der Waals surface area contributed by atoms with Gasteiger partial charge in [0.2, 0.25) is 0 Å². The van der Waals surface area contributed by atoms with E-state index in [9.17, 15) is 21.2 Å². The van der Waals surface area contributed by atoms with Crippen LogP contribution in [0.4, 0.5) is 0 Å². The molecule has 0 aliphatic heterocycles. The number of nitriles is 3. The van der Waals surface area contributed by atoms with Crippen LogP contribution in [0.5, 0.6) is 0 Å². The first-order valence-electron chi connectivity index (χ1n) is 7.83. The summed E-state index contributed by atoms with van der Waals surface area (Å²) < 4.78 is 0. The average Bonchev–Trinajstić information content (AvgIpc) is 2.47. The summed E-state index contributed by atoms with van der Waals surface area (Å²) in [5, 5.41) is 36.8. The minimum atomic E-state index is -0.122. The summed E-state index contributed by atoms with van der Waals surface area (Å²) in [6.45, 7) is 8.60. The topological polar surface area (TPSA) is 93.7 Å². The van der Waals surface area contributed by atoms with E-state index in [1.807, 2.05) is 36.2 Å². The van der Waals surface area contributed by atoms with Gasteiger partial charge in [0.05, 0.1) is 5.57 Å². The van der Waals surface area contributed by atoms with Crippen molar-refractivity contribution in [2.75, 3.05) is 0 Å². The molecular weight excluding hydrogens is 296 g/mol. The molecular formula is C20H19N4-. The van der Waals surface area contributed by atoms with Crippen LogP contribution < -0.4 is 0 Å². The number of fused-ring (bicyclic) bond motifs is 1. The summed E-state index contributed by atoms with van der Waals surface area (Å²) in [5.41, 5.74) is 2.50. The van der Waals surface area contributed by atoms with Crippen molar-refractivity contribution in [2.24, 2.45) is 16.7 Å². The summed E-state index contributed by atoms with van der Waals surface area (Å²) in [4.78, 5) is 0. The van der Waals surface area contributed by atoms with Gasteiger partial charge < -0.3 is 5.41 Å². The molecule has 1 unspecified atom stereocenters. The predicted octanol–water partition coefficient (Wildman–Crippen LogP) is 4.35. The van der Waals surface area contributed by atoms with Crippen molar-refractivity contribution in [3.05, 3.63) is 45.4 Å². The Bertz CT molecular complexity index is 835. The van der Waals surface area contributed by atoms with Crippen LogP contribution in [0.25, 0.3) is 5.41 Å². The predicted molar refractivity (Wildman–Crippen MR) is 92.2 cm³/mol. The summed E-state index contributed by atoms with van der Waals surface area (Å²) >= 11 is 0. The molecule has 0 fully saturated rings. The van der Waals surface area contributed by atoms with E-state index >= 15 is 0 Å². The molecule has 0 aromatic rings. The lowest BCUT2D eigenvalue weighted by atomic mass is 9.53. The molecule has 4 nitrogen and oxygen atoms in total. The van der Waals surface area contributed by atoms with Crippen LogP contribution in [0.15, 0.2) is 40.0 Å². The van der Waals surface area contributed by atoms with Crippen molar-refractivity contribution < 1.29 is 0 Å². The first-order valence-corrected chi connectivity index (χ1v) is 7.83. The summed E-state index contributed by atoms with van der Waals surface area (Å²) in [6.07, 6.45) is 5.14. The summed E-state index contributed by atoms with van der Waals surface area (Å²) in [5.74, 6) is 2.21. The molecule has 0 radical (unpaired) electrons. The molecule has 2 aliphatic carbocycles. The maximum Gasteiger partial charge on any atom is 0.132 e. The van der Waals surface area contributed by atoms with E-state index in [0.29, 0.717) is 12.8 Å². The van der Waals surface area contributed by atoms with Crippen LogP contribution in [0, 0.1) is 50.7 Å². The van der Waals surface area contributed by atoms with Gasteiger partial charge in [-0.25, -0.2) is 0 Å². The second kappa shape index (κ2) is 5.98. The van der Waals surface area contributed by atoms with E-state index in [2.05, 4.69) is 27.7 Å². The quantitative estimate of drug-likeness (QED) is 0.531. The molecule has 0 heterocycles. The largest absolute Gasteiger partial charge is 0.762 e. The van der Waals surface area contributed by atoms with Crippen molar-refractivity contribution in [1.29, 1.82) is 15.8 Å². The van der Waals surface area contributed by atoms with Crippen molar-refractivity contribution >= 4 is 5.87 Å². The fourth-order valence-corrected chi connectivity index (χ4v) is 4.52. The second-order valence-corrected chi connectivity index (χ2v) is 7.80. The van der Waals surface area contributed by atoms with Gasteiger partial charge in [-0.2, -0.15) is 15.8 Å². The van der Waals surface area contributed by atoms with E-state index in [0.717, 1.165) is 16.7 Å². The van der Waals surface area contributed by atoms with Gasteiger partial charge in [0.1, 0.15) is 23.8 Å². The Kier molecular flexibility index (Phi) is 4.36. The van der Waals surface area contributed by atoms with Gasteiger partial charge >= 0.3 is 0 Å². The fraction of sp³-hybridized carbons (Fsp3) is 0.450. The molecule has 0 aromatic carbocycles. The van der Waals surface area contributed by atoms with Crippen molar-refractivity contribution in [3.8, 4) is 18.2 Å². The van der Waals surface area contributed by atoms with Crippen LogP contribution in [0.3, 0.4) is 0 Å². The highest BCUT2D eigenvalue weighted by atomic mass is 14.5. The Labute approximate surface area is 143 Å². The first-order chi connectivity index (χ1) is 11.2. The van der Waals surface area contributed by atoms with Crippen LogP contribution in [0.2, 0.25) is 0 Å². The van der Waals surface area contributed by atoms with Crippen LogP contribution in [-0.4, -0.2) is 5.87 Å². The SMILES string of the molecule is CC1(C)CC(C(=C=[N-])C#N)=CC2=CC(=C(C#N)C#N)CC(C)(C)C21. The molecule has 0 N–H and O–H groups in total. The molecule has 0 amide bonds. The lowest BCUT2D eigenvalue weighted by Gasteiger charge is -2.51. The van der Waals surface area contributed by atoms with E-state index in [4.69, 9.17) is 0 Å². The van der Waals surface area contributed by atoms with Gasteiger partial charge in [0, 0.05) is 0 Å². The van der Waals surface area contributed by atoms with Gasteiger partial charge in [-0.1, -0.05) is 39.8 Å². The van der Waals surface area contributed by atoms with Crippen molar-refractivity contribution in [3.63, 3.8) is 0 Å². The molecule has 24 heavy (non-hydrogen) atoms. The van der Waals surface area contributed by atoms with E-state index in [1.54, 1.807) is 0 Å². The van der Waals surface area contributed by atoms with Crippen molar-refractivity contribution in [1.82, 2.24) is 0 Å². The molecule has 0 saturated carbocycles. The highest BCUT2D eigenvalue weighted by molar-refractivity contribution is 5.74. The van der Waals surface area contributed by atoms with Gasteiger partial charge in [-0.15, -0.1) is 0 Å². The van der Waals surface area contributed by atoms with Gasteiger partial charge in [-0.3, -0.25) is 5.87 Å². The molecule has 0 bridgehead atoms. The molecule has 1 atom stereocenters. The monoisotopic (exact) mass is 315 g/mol. The highest BCUT2D eigenvalue weighted by Crippen LogP contribution is 2.57. The van der Waals surface area contributed by atoms with E-state index in [-0.39, 0.29) is 27.9 Å². The standard InChI is InChI=1S/C20H19N4/c1-19(2)7-14(16(9-21)10-22)5-13-6-15(17(11-23)12-24)8-20(3,4)18(13)19/h5-6,18H,7-8H2,1-4H3/q-1. The first kappa shape index (κ1) is 17.5. The number of rotatable bonds is 1. The molecule has 0 aromatic heterocycles. The maximum absolute atomic E-state index is 9.20. The van der Waals surface area contributed by atoms with E-state index < -0.39 is 0 Å². The Hall–Kier alpha value is -2.86. The normalized spacial score (nSPS) is 23.2. The van der Waals surface area contributed by atoms with Gasteiger partial charge in [0.15, 0.2) is 0 Å². The zero-order valence-electron chi connectivity index (χ0n) is 14.4. The number of hydrogen-bond donors (Lipinski definition) is 0. The molecule has 2 rings (SSSR count). The third kappa shape index (κ3) is 2.83. The van der Waals surface area contributed by atoms with E-state index in [1.165, 1.54) is 0 Å². The summed E-state index contributed by atoms with van der Waals surface area (Å²) in [6, 6.07) is 5.93. The second-order valence-electron chi connectivity index (χ2n) is 7.80. The minimum absolute atomic E-state index is 0.122. The zero-order chi connectivity index (χ0) is 18.1. The minimum Gasteiger partial charge on any atom is -0.762 e. The molecule has 120 valence electrons.